The van der Waals surface area contributed by atoms with Gasteiger partial charge in [0.15, 0.2) is 0 Å². The fourth-order valence-electron chi connectivity index (χ4n) is 6.49. The number of ether oxygens (including phenoxy) is 1. The monoisotopic (exact) mass is 650 g/mol. The molecule has 0 spiro atoms. The van der Waals surface area contributed by atoms with Gasteiger partial charge in [-0.2, -0.15) is 0 Å². The van der Waals surface area contributed by atoms with Crippen molar-refractivity contribution in [2.45, 2.75) is 51.6 Å². The molecule has 0 atom stereocenters. The molecule has 7 nitrogen and oxygen atoms in total. The van der Waals surface area contributed by atoms with Gasteiger partial charge >= 0.3 is 5.97 Å². The molecule has 5 rings (SSSR count). The first-order chi connectivity index (χ1) is 21.7. The van der Waals surface area contributed by atoms with Crippen LogP contribution in [0.4, 0.5) is 5.69 Å². The molecular weight excluding hydrogens is 607 g/mol. The number of rotatable bonds is 11. The first-order valence-electron chi connectivity index (χ1n) is 15.9. The molecule has 45 heavy (non-hydrogen) atoms. The summed E-state index contributed by atoms with van der Waals surface area (Å²) >= 11 is 12.8. The maximum Gasteiger partial charge on any atom is 0.319 e. The molecule has 3 aromatic carbocycles. The molecule has 0 aromatic heterocycles. The van der Waals surface area contributed by atoms with E-state index in [0.29, 0.717) is 35.0 Å². The molecule has 0 unspecified atom stereocenters. The summed E-state index contributed by atoms with van der Waals surface area (Å²) in [6.45, 7) is 8.13. The highest BCUT2D eigenvalue weighted by Gasteiger charge is 2.23. The lowest BCUT2D eigenvalue weighted by atomic mass is 9.89. The van der Waals surface area contributed by atoms with Crippen molar-refractivity contribution >= 4 is 40.8 Å². The Morgan fingerprint density at radius 2 is 1.44 bits per heavy atom. The smallest absolute Gasteiger partial charge is 0.319 e. The molecule has 2 N–H and O–H groups in total. The van der Waals surface area contributed by atoms with Gasteiger partial charge in [-0.15, -0.1) is 0 Å². The van der Waals surface area contributed by atoms with Gasteiger partial charge in [-0.05, 0) is 134 Å². The first kappa shape index (κ1) is 33.3. The Morgan fingerprint density at radius 1 is 0.822 bits per heavy atom. The van der Waals surface area contributed by atoms with Crippen LogP contribution in [0.2, 0.25) is 10.0 Å². The molecule has 1 amide bonds. The Bertz CT molecular complexity index is 1430. The molecule has 2 aliphatic rings. The number of piperidine rings is 2. The lowest BCUT2D eigenvalue weighted by Crippen LogP contribution is -2.37. The Hall–Kier alpha value is -3.10. The van der Waals surface area contributed by atoms with Gasteiger partial charge < -0.3 is 15.4 Å². The number of esters is 1. The van der Waals surface area contributed by atoms with Gasteiger partial charge in [0.05, 0.1) is 13.7 Å². The standard InChI is InChI=1S/C36H44Cl2N4O3/c1-25(43)39-21-26-7-11-41(12-8-26)23-28-15-27(16-31(17-28)32-18-33(37)20-34(38)19-32)22-40-35-5-3-29(4-6-35)30-9-13-42(14-10-30)24-36(44)45-2/h3-6,15-20,26,30,40H,7-14,21-24H2,1-2H3,(H,39,43). The summed E-state index contributed by atoms with van der Waals surface area (Å²) in [6, 6.07) is 21.3. The topological polar surface area (TPSA) is 73.9 Å². The van der Waals surface area contributed by atoms with E-state index in [4.69, 9.17) is 27.9 Å². The van der Waals surface area contributed by atoms with Crippen LogP contribution in [-0.4, -0.2) is 68.1 Å². The molecule has 2 aliphatic heterocycles. The maximum absolute atomic E-state index is 11.6. The number of amides is 1. The lowest BCUT2D eigenvalue weighted by molar-refractivity contribution is -0.142. The zero-order valence-electron chi connectivity index (χ0n) is 26.3. The van der Waals surface area contributed by atoms with E-state index in [9.17, 15) is 9.59 Å². The number of halogens is 2. The fourth-order valence-corrected chi connectivity index (χ4v) is 7.01. The third-order valence-electron chi connectivity index (χ3n) is 9.05. The molecule has 0 aliphatic carbocycles. The minimum absolute atomic E-state index is 0.0433. The predicted octanol–water partition coefficient (Wildman–Crippen LogP) is 6.97. The zero-order chi connectivity index (χ0) is 31.8. The third kappa shape index (κ3) is 9.94. The Morgan fingerprint density at radius 3 is 2.09 bits per heavy atom. The Labute approximate surface area is 277 Å². The summed E-state index contributed by atoms with van der Waals surface area (Å²) < 4.78 is 4.82. The van der Waals surface area contributed by atoms with Crippen LogP contribution < -0.4 is 10.6 Å². The normalized spacial score (nSPS) is 16.8. The van der Waals surface area contributed by atoms with Crippen LogP contribution >= 0.6 is 23.2 Å². The van der Waals surface area contributed by atoms with Crippen LogP contribution in [0, 0.1) is 5.92 Å². The van der Waals surface area contributed by atoms with Crippen molar-refractivity contribution in [3.8, 4) is 11.1 Å². The van der Waals surface area contributed by atoms with Crippen molar-refractivity contribution < 1.29 is 14.3 Å². The van der Waals surface area contributed by atoms with Crippen LogP contribution in [0.15, 0.2) is 60.7 Å². The van der Waals surface area contributed by atoms with Crippen molar-refractivity contribution in [1.29, 1.82) is 0 Å². The van der Waals surface area contributed by atoms with E-state index in [2.05, 4.69) is 62.9 Å². The molecule has 2 heterocycles. The second kappa shape index (κ2) is 15.9. The molecule has 2 saturated heterocycles. The highest BCUT2D eigenvalue weighted by molar-refractivity contribution is 6.35. The van der Waals surface area contributed by atoms with Gasteiger partial charge in [0.2, 0.25) is 5.91 Å². The zero-order valence-corrected chi connectivity index (χ0v) is 27.8. The van der Waals surface area contributed by atoms with Crippen molar-refractivity contribution in [3.63, 3.8) is 0 Å². The number of benzene rings is 3. The predicted molar refractivity (Wildman–Crippen MR) is 183 cm³/mol. The van der Waals surface area contributed by atoms with Crippen molar-refractivity contribution in [2.75, 3.05) is 51.7 Å². The minimum Gasteiger partial charge on any atom is -0.468 e. The Kier molecular flexibility index (Phi) is 11.8. The second-order valence-electron chi connectivity index (χ2n) is 12.5. The van der Waals surface area contributed by atoms with Gasteiger partial charge in [-0.1, -0.05) is 41.4 Å². The number of nitrogens with one attached hydrogen (secondary N) is 2. The molecule has 9 heteroatoms. The summed E-state index contributed by atoms with van der Waals surface area (Å²) in [5.41, 5.74) is 6.99. The number of likely N-dealkylation sites (tertiary alicyclic amines) is 2. The largest absolute Gasteiger partial charge is 0.468 e. The molecule has 0 saturated carbocycles. The summed E-state index contributed by atoms with van der Waals surface area (Å²) in [5.74, 6) is 0.919. The maximum atomic E-state index is 11.6. The molecule has 0 radical (unpaired) electrons. The summed E-state index contributed by atoms with van der Waals surface area (Å²) in [6.07, 6.45) is 4.25. The number of carbonyl (C=O) groups is 2. The number of hydrogen-bond acceptors (Lipinski definition) is 6. The van der Waals surface area contributed by atoms with Crippen molar-refractivity contribution in [1.82, 2.24) is 15.1 Å². The highest BCUT2D eigenvalue weighted by Crippen LogP contribution is 2.31. The SMILES string of the molecule is COC(=O)CN1CCC(c2ccc(NCc3cc(CN4CCC(CNC(C)=O)CC4)cc(-c4cc(Cl)cc(Cl)c4)c3)cc2)CC1. The first-order valence-corrected chi connectivity index (χ1v) is 16.7. The average molecular weight is 652 g/mol. The second-order valence-corrected chi connectivity index (χ2v) is 13.3. The summed E-state index contributed by atoms with van der Waals surface area (Å²) in [7, 11) is 1.44. The van der Waals surface area contributed by atoms with E-state index < -0.39 is 0 Å². The molecular formula is C36H44Cl2N4O3. The molecule has 2 fully saturated rings. The van der Waals surface area contributed by atoms with Crippen LogP contribution in [-0.2, 0) is 27.4 Å². The molecule has 240 valence electrons. The summed E-state index contributed by atoms with van der Waals surface area (Å²) in [4.78, 5) is 27.6. The van der Waals surface area contributed by atoms with E-state index in [-0.39, 0.29) is 11.9 Å². The number of methoxy groups -OCH3 is 1. The van der Waals surface area contributed by atoms with Gasteiger partial charge in [-0.25, -0.2) is 0 Å². The van der Waals surface area contributed by atoms with Crippen LogP contribution in [0.5, 0.6) is 0 Å². The van der Waals surface area contributed by atoms with E-state index in [0.717, 1.165) is 81.8 Å². The van der Waals surface area contributed by atoms with Gasteiger partial charge in [0, 0.05) is 42.3 Å². The lowest BCUT2D eigenvalue weighted by Gasteiger charge is -2.32. The Balaban J connectivity index is 1.23. The number of anilines is 1. The highest BCUT2D eigenvalue weighted by atomic mass is 35.5. The third-order valence-corrected chi connectivity index (χ3v) is 9.48. The fraction of sp³-hybridized carbons (Fsp3) is 0.444. The van der Waals surface area contributed by atoms with Crippen molar-refractivity contribution in [3.05, 3.63) is 87.4 Å². The van der Waals surface area contributed by atoms with Crippen LogP contribution in [0.3, 0.4) is 0 Å². The minimum atomic E-state index is -0.169. The van der Waals surface area contributed by atoms with Crippen LogP contribution in [0.25, 0.3) is 11.1 Å². The quantitative estimate of drug-likeness (QED) is 0.218. The van der Waals surface area contributed by atoms with Crippen molar-refractivity contribution in [2.24, 2.45) is 5.92 Å². The van der Waals surface area contributed by atoms with Gasteiger partial charge in [-0.3, -0.25) is 19.4 Å². The van der Waals surface area contributed by atoms with Gasteiger partial charge in [0.25, 0.3) is 0 Å². The number of carbonyl (C=O) groups excluding carboxylic acids is 2. The van der Waals surface area contributed by atoms with Gasteiger partial charge in [0.1, 0.15) is 0 Å². The number of hydrogen-bond donors (Lipinski definition) is 2. The van der Waals surface area contributed by atoms with E-state index in [1.807, 2.05) is 12.1 Å². The van der Waals surface area contributed by atoms with E-state index in [1.165, 1.54) is 23.8 Å². The van der Waals surface area contributed by atoms with E-state index in [1.54, 1.807) is 13.0 Å². The van der Waals surface area contributed by atoms with E-state index >= 15 is 0 Å². The number of nitrogens with zero attached hydrogens (tertiary/aromatic N) is 2. The summed E-state index contributed by atoms with van der Waals surface area (Å²) in [5, 5.41) is 7.85. The molecule has 0 bridgehead atoms. The average Bonchev–Trinajstić information content (AvgIpc) is 3.03. The molecule has 3 aromatic rings. The van der Waals surface area contributed by atoms with Crippen LogP contribution in [0.1, 0.15) is 55.2 Å².